The van der Waals surface area contributed by atoms with Crippen molar-refractivity contribution in [1.29, 1.82) is 0 Å². The fourth-order valence-electron chi connectivity index (χ4n) is 0.496. The van der Waals surface area contributed by atoms with Crippen LogP contribution in [0.4, 0.5) is 0 Å². The van der Waals surface area contributed by atoms with E-state index >= 15 is 0 Å². The number of primary amides is 1. The molecular formula is C10H17NO. The third-order valence-corrected chi connectivity index (χ3v) is 0.906. The predicted octanol–water partition coefficient (Wildman–Crippen LogP) is 2.19. The molecule has 0 aromatic carbocycles. The molecule has 0 spiro atoms. The molecule has 0 aliphatic heterocycles. The summed E-state index contributed by atoms with van der Waals surface area (Å²) in [5, 5.41) is 0. The van der Waals surface area contributed by atoms with Crippen LogP contribution in [0.1, 0.15) is 20.8 Å². The maximum atomic E-state index is 10.5. The Morgan fingerprint density at radius 1 is 1.42 bits per heavy atom. The van der Waals surface area contributed by atoms with Gasteiger partial charge in [-0.05, 0) is 13.0 Å². The van der Waals surface area contributed by atoms with Crippen molar-refractivity contribution in [2.24, 2.45) is 5.73 Å². The molecule has 0 aliphatic rings. The first-order chi connectivity index (χ1) is 5.57. The van der Waals surface area contributed by atoms with Gasteiger partial charge >= 0.3 is 0 Å². The van der Waals surface area contributed by atoms with E-state index in [1.165, 1.54) is 6.08 Å². The lowest BCUT2D eigenvalue weighted by molar-refractivity contribution is -0.114. The Labute approximate surface area is 74.5 Å². The van der Waals surface area contributed by atoms with Crippen molar-refractivity contribution in [3.05, 3.63) is 36.5 Å². The zero-order valence-electron chi connectivity index (χ0n) is 8.05. The quantitative estimate of drug-likeness (QED) is 0.508. The van der Waals surface area contributed by atoms with Crippen LogP contribution in [0.5, 0.6) is 0 Å². The van der Waals surface area contributed by atoms with E-state index in [0.717, 1.165) is 5.57 Å². The molecule has 0 saturated carbocycles. The SMILES string of the molecule is C=C/C(=C\C(=C)C)C(N)=O.CC. The fraction of sp³-hybridized carbons (Fsp3) is 0.300. The van der Waals surface area contributed by atoms with Crippen LogP contribution in [-0.4, -0.2) is 5.91 Å². The van der Waals surface area contributed by atoms with Crippen molar-refractivity contribution < 1.29 is 4.79 Å². The largest absolute Gasteiger partial charge is 0.366 e. The number of carbonyl (C=O) groups is 1. The van der Waals surface area contributed by atoms with Crippen LogP contribution in [-0.2, 0) is 4.79 Å². The van der Waals surface area contributed by atoms with Crippen molar-refractivity contribution in [2.75, 3.05) is 0 Å². The predicted molar refractivity (Wildman–Crippen MR) is 53.6 cm³/mol. The third-order valence-electron chi connectivity index (χ3n) is 0.906. The molecule has 1 amide bonds. The average molecular weight is 167 g/mol. The summed E-state index contributed by atoms with van der Waals surface area (Å²) >= 11 is 0. The van der Waals surface area contributed by atoms with E-state index in [1.807, 2.05) is 13.8 Å². The van der Waals surface area contributed by atoms with Gasteiger partial charge in [-0.3, -0.25) is 4.79 Å². The molecule has 0 radical (unpaired) electrons. The van der Waals surface area contributed by atoms with E-state index < -0.39 is 5.91 Å². The molecule has 0 fully saturated rings. The summed E-state index contributed by atoms with van der Waals surface area (Å²) in [6.07, 6.45) is 3.01. The van der Waals surface area contributed by atoms with Gasteiger partial charge in [0, 0.05) is 5.57 Å². The lowest BCUT2D eigenvalue weighted by Crippen LogP contribution is -2.12. The molecule has 0 unspecified atom stereocenters. The minimum atomic E-state index is -0.474. The molecule has 2 N–H and O–H groups in total. The summed E-state index contributed by atoms with van der Waals surface area (Å²) in [5.41, 5.74) is 6.16. The Balaban J connectivity index is 0. The van der Waals surface area contributed by atoms with Crippen LogP contribution in [0.25, 0.3) is 0 Å². The van der Waals surface area contributed by atoms with Gasteiger partial charge in [0.1, 0.15) is 0 Å². The van der Waals surface area contributed by atoms with Crippen molar-refractivity contribution in [2.45, 2.75) is 20.8 Å². The van der Waals surface area contributed by atoms with E-state index in [4.69, 9.17) is 5.73 Å². The number of nitrogens with two attached hydrogens (primary N) is 1. The summed E-state index contributed by atoms with van der Waals surface area (Å²) in [5.74, 6) is -0.474. The van der Waals surface area contributed by atoms with Crippen molar-refractivity contribution in [3.63, 3.8) is 0 Å². The second-order valence-corrected chi connectivity index (χ2v) is 2.01. The summed E-state index contributed by atoms with van der Waals surface area (Å²) in [6, 6.07) is 0. The van der Waals surface area contributed by atoms with E-state index in [-0.39, 0.29) is 0 Å². The summed E-state index contributed by atoms with van der Waals surface area (Å²) in [6.45, 7) is 12.8. The highest BCUT2D eigenvalue weighted by Crippen LogP contribution is 1.99. The maximum absolute atomic E-state index is 10.5. The molecule has 0 heterocycles. The van der Waals surface area contributed by atoms with Gasteiger partial charge in [0.05, 0.1) is 0 Å². The Bertz CT molecular complexity index is 202. The number of carbonyl (C=O) groups excluding carboxylic acids is 1. The van der Waals surface area contributed by atoms with Crippen LogP contribution in [0.3, 0.4) is 0 Å². The van der Waals surface area contributed by atoms with Crippen LogP contribution >= 0.6 is 0 Å². The monoisotopic (exact) mass is 167 g/mol. The van der Waals surface area contributed by atoms with Crippen molar-refractivity contribution in [3.8, 4) is 0 Å². The van der Waals surface area contributed by atoms with Gasteiger partial charge in [0.25, 0.3) is 0 Å². The zero-order valence-corrected chi connectivity index (χ0v) is 8.05. The molecule has 0 saturated heterocycles. The number of allylic oxidation sites excluding steroid dienone is 2. The van der Waals surface area contributed by atoms with Crippen LogP contribution in [0.15, 0.2) is 36.5 Å². The first-order valence-corrected chi connectivity index (χ1v) is 3.87. The first kappa shape index (κ1) is 13.3. The molecule has 12 heavy (non-hydrogen) atoms. The number of rotatable bonds is 3. The minimum absolute atomic E-state index is 0.396. The Hall–Kier alpha value is -1.31. The third kappa shape index (κ3) is 6.81. The highest BCUT2D eigenvalue weighted by atomic mass is 16.1. The van der Waals surface area contributed by atoms with Gasteiger partial charge in [-0.25, -0.2) is 0 Å². The van der Waals surface area contributed by atoms with Crippen molar-refractivity contribution >= 4 is 5.91 Å². The lowest BCUT2D eigenvalue weighted by Gasteiger charge is -1.93. The van der Waals surface area contributed by atoms with Crippen LogP contribution < -0.4 is 5.73 Å². The van der Waals surface area contributed by atoms with Gasteiger partial charge in [-0.15, -0.1) is 0 Å². The Morgan fingerprint density at radius 3 is 1.92 bits per heavy atom. The molecule has 2 heteroatoms. The summed E-state index contributed by atoms with van der Waals surface area (Å²) in [7, 11) is 0. The number of amides is 1. The van der Waals surface area contributed by atoms with Crippen molar-refractivity contribution in [1.82, 2.24) is 0 Å². The van der Waals surface area contributed by atoms with Gasteiger partial charge in [0.15, 0.2) is 0 Å². The molecule has 2 nitrogen and oxygen atoms in total. The standard InChI is InChI=1S/C8H11NO.C2H6/c1-4-7(8(9)10)5-6(2)3;1-2/h4-5H,1-2H2,3H3,(H2,9,10);1-2H3/b7-5+;. The number of hydrogen-bond donors (Lipinski definition) is 1. The normalized spacial score (nSPS) is 9.42. The summed E-state index contributed by atoms with van der Waals surface area (Å²) in [4.78, 5) is 10.5. The van der Waals surface area contributed by atoms with Gasteiger partial charge < -0.3 is 5.73 Å². The second-order valence-electron chi connectivity index (χ2n) is 2.01. The zero-order chi connectivity index (χ0) is 10.1. The molecule has 68 valence electrons. The molecule has 0 rings (SSSR count). The second kappa shape index (κ2) is 7.79. The Kier molecular flexibility index (Phi) is 8.63. The molecule has 0 aromatic heterocycles. The average Bonchev–Trinajstić information content (AvgIpc) is 2.03. The van der Waals surface area contributed by atoms with Crippen LogP contribution in [0, 0.1) is 0 Å². The molecule has 0 aliphatic carbocycles. The first-order valence-electron chi connectivity index (χ1n) is 3.87. The molecule has 0 aromatic rings. The van der Waals surface area contributed by atoms with E-state index in [0.29, 0.717) is 5.57 Å². The van der Waals surface area contributed by atoms with Gasteiger partial charge in [-0.2, -0.15) is 0 Å². The lowest BCUT2D eigenvalue weighted by atomic mass is 10.2. The highest BCUT2D eigenvalue weighted by Gasteiger charge is 1.96. The Morgan fingerprint density at radius 2 is 1.83 bits per heavy atom. The van der Waals surface area contributed by atoms with E-state index in [2.05, 4.69) is 13.2 Å². The molecular weight excluding hydrogens is 150 g/mol. The summed E-state index contributed by atoms with van der Waals surface area (Å²) < 4.78 is 0. The van der Waals surface area contributed by atoms with E-state index in [1.54, 1.807) is 13.0 Å². The van der Waals surface area contributed by atoms with Gasteiger partial charge in [-0.1, -0.05) is 38.7 Å². The van der Waals surface area contributed by atoms with E-state index in [9.17, 15) is 4.79 Å². The van der Waals surface area contributed by atoms with Gasteiger partial charge in [0.2, 0.25) is 5.91 Å². The smallest absolute Gasteiger partial charge is 0.248 e. The highest BCUT2D eigenvalue weighted by molar-refractivity contribution is 5.95. The molecule has 0 bridgehead atoms. The molecule has 0 atom stereocenters. The maximum Gasteiger partial charge on any atom is 0.248 e. The van der Waals surface area contributed by atoms with Crippen LogP contribution in [0.2, 0.25) is 0 Å². The fourth-order valence-corrected chi connectivity index (χ4v) is 0.496. The number of hydrogen-bond acceptors (Lipinski definition) is 1. The topological polar surface area (TPSA) is 43.1 Å². The minimum Gasteiger partial charge on any atom is -0.366 e.